The van der Waals surface area contributed by atoms with Crippen LogP contribution in [-0.2, 0) is 24.7 Å². The van der Waals surface area contributed by atoms with E-state index >= 15 is 0 Å². The SMILES string of the molecule is COc1cccc(CC(=O)N2CCc3cc(-c4ccn(C)n4)ccc32)c1. The Bertz CT molecular complexity index is 961. The number of carbonyl (C=O) groups is 1. The fourth-order valence-corrected chi connectivity index (χ4v) is 3.44. The van der Waals surface area contributed by atoms with Gasteiger partial charge in [0.25, 0.3) is 0 Å². The molecule has 1 aliphatic rings. The lowest BCUT2D eigenvalue weighted by Crippen LogP contribution is -2.30. The standard InChI is InChI=1S/C21H21N3O2/c1-23-10-9-19(22-23)16-6-7-20-17(14-16)8-11-24(20)21(25)13-15-4-3-5-18(12-15)26-2/h3-7,9-10,12,14H,8,11,13H2,1-2H3. The van der Waals surface area contributed by atoms with E-state index in [0.717, 1.165) is 41.2 Å². The van der Waals surface area contributed by atoms with Gasteiger partial charge in [-0.1, -0.05) is 18.2 Å². The van der Waals surface area contributed by atoms with Crippen molar-refractivity contribution in [1.82, 2.24) is 9.78 Å². The number of nitrogens with zero attached hydrogens (tertiary/aromatic N) is 3. The van der Waals surface area contributed by atoms with Crippen LogP contribution in [0.2, 0.25) is 0 Å². The molecule has 1 amide bonds. The third-order valence-corrected chi connectivity index (χ3v) is 4.77. The molecule has 0 aliphatic carbocycles. The molecule has 0 radical (unpaired) electrons. The Labute approximate surface area is 152 Å². The number of benzene rings is 2. The van der Waals surface area contributed by atoms with E-state index in [4.69, 9.17) is 4.74 Å². The highest BCUT2D eigenvalue weighted by Gasteiger charge is 2.25. The zero-order valence-electron chi connectivity index (χ0n) is 15.0. The highest BCUT2D eigenvalue weighted by atomic mass is 16.5. The maximum Gasteiger partial charge on any atom is 0.231 e. The summed E-state index contributed by atoms with van der Waals surface area (Å²) in [5, 5.41) is 4.46. The summed E-state index contributed by atoms with van der Waals surface area (Å²) in [5.74, 6) is 0.889. The van der Waals surface area contributed by atoms with Crippen molar-refractivity contribution in [3.05, 3.63) is 65.9 Å². The van der Waals surface area contributed by atoms with Gasteiger partial charge in [-0.05, 0) is 47.9 Å². The van der Waals surface area contributed by atoms with Crippen molar-refractivity contribution in [2.24, 2.45) is 7.05 Å². The van der Waals surface area contributed by atoms with Crippen LogP contribution in [0.25, 0.3) is 11.3 Å². The molecule has 3 aromatic rings. The van der Waals surface area contributed by atoms with Gasteiger partial charge < -0.3 is 9.64 Å². The highest BCUT2D eigenvalue weighted by Crippen LogP contribution is 2.32. The summed E-state index contributed by atoms with van der Waals surface area (Å²) in [7, 11) is 3.55. The molecule has 0 fully saturated rings. The maximum atomic E-state index is 12.8. The molecule has 0 unspecified atom stereocenters. The Morgan fingerprint density at radius 3 is 2.85 bits per heavy atom. The molecule has 0 saturated heterocycles. The van der Waals surface area contributed by atoms with Gasteiger partial charge in [-0.3, -0.25) is 9.48 Å². The number of aryl methyl sites for hydroxylation is 1. The highest BCUT2D eigenvalue weighted by molar-refractivity contribution is 5.97. The van der Waals surface area contributed by atoms with Gasteiger partial charge in [0.05, 0.1) is 19.2 Å². The molecule has 5 nitrogen and oxygen atoms in total. The molecule has 4 rings (SSSR count). The summed E-state index contributed by atoms with van der Waals surface area (Å²) >= 11 is 0. The Morgan fingerprint density at radius 1 is 1.19 bits per heavy atom. The van der Waals surface area contributed by atoms with Crippen LogP contribution in [-0.4, -0.2) is 29.3 Å². The van der Waals surface area contributed by atoms with Gasteiger partial charge >= 0.3 is 0 Å². The van der Waals surface area contributed by atoms with Crippen molar-refractivity contribution in [2.75, 3.05) is 18.6 Å². The first-order chi connectivity index (χ1) is 12.6. The molecule has 0 bridgehead atoms. The normalized spacial score (nSPS) is 12.9. The molecule has 1 aliphatic heterocycles. The van der Waals surface area contributed by atoms with Crippen molar-refractivity contribution in [1.29, 1.82) is 0 Å². The lowest BCUT2D eigenvalue weighted by Gasteiger charge is -2.18. The van der Waals surface area contributed by atoms with Gasteiger partial charge in [-0.2, -0.15) is 5.10 Å². The van der Waals surface area contributed by atoms with E-state index in [9.17, 15) is 4.79 Å². The topological polar surface area (TPSA) is 47.4 Å². The second kappa shape index (κ2) is 6.67. The number of ether oxygens (including phenoxy) is 1. The summed E-state index contributed by atoms with van der Waals surface area (Å²) < 4.78 is 7.04. The van der Waals surface area contributed by atoms with E-state index in [1.165, 1.54) is 5.56 Å². The Morgan fingerprint density at radius 2 is 2.08 bits per heavy atom. The van der Waals surface area contributed by atoms with Gasteiger partial charge in [-0.25, -0.2) is 0 Å². The van der Waals surface area contributed by atoms with Crippen molar-refractivity contribution >= 4 is 11.6 Å². The van der Waals surface area contributed by atoms with Crippen LogP contribution in [0.3, 0.4) is 0 Å². The zero-order valence-corrected chi connectivity index (χ0v) is 15.0. The quantitative estimate of drug-likeness (QED) is 0.728. The van der Waals surface area contributed by atoms with Crippen LogP contribution in [0.15, 0.2) is 54.7 Å². The third kappa shape index (κ3) is 3.08. The summed E-state index contributed by atoms with van der Waals surface area (Å²) in [6, 6.07) is 15.9. The van der Waals surface area contributed by atoms with Crippen LogP contribution in [0.4, 0.5) is 5.69 Å². The van der Waals surface area contributed by atoms with Gasteiger partial charge in [0.1, 0.15) is 5.75 Å². The summed E-state index contributed by atoms with van der Waals surface area (Å²) in [4.78, 5) is 14.7. The number of hydrogen-bond donors (Lipinski definition) is 0. The lowest BCUT2D eigenvalue weighted by atomic mass is 10.1. The van der Waals surface area contributed by atoms with E-state index in [1.807, 2.05) is 60.6 Å². The number of aromatic nitrogens is 2. The summed E-state index contributed by atoms with van der Waals surface area (Å²) in [6.45, 7) is 0.726. The Kier molecular flexibility index (Phi) is 4.21. The zero-order chi connectivity index (χ0) is 18.1. The number of amides is 1. The monoisotopic (exact) mass is 347 g/mol. The van der Waals surface area contributed by atoms with Gasteiger partial charge in [0.15, 0.2) is 0 Å². The fourth-order valence-electron chi connectivity index (χ4n) is 3.44. The first kappa shape index (κ1) is 16.4. The van der Waals surface area contributed by atoms with Crippen molar-refractivity contribution in [2.45, 2.75) is 12.8 Å². The minimum atomic E-state index is 0.114. The second-order valence-electron chi connectivity index (χ2n) is 6.54. The van der Waals surface area contributed by atoms with Crippen molar-refractivity contribution in [3.8, 4) is 17.0 Å². The predicted octanol–water partition coefficient (Wildman–Crippen LogP) is 3.23. The van der Waals surface area contributed by atoms with E-state index in [0.29, 0.717) is 6.42 Å². The molecule has 0 saturated carbocycles. The van der Waals surface area contributed by atoms with Gasteiger partial charge in [0, 0.05) is 31.0 Å². The van der Waals surface area contributed by atoms with Gasteiger partial charge in [-0.15, -0.1) is 0 Å². The molecule has 2 heterocycles. The number of fused-ring (bicyclic) bond motifs is 1. The van der Waals surface area contributed by atoms with E-state index < -0.39 is 0 Å². The predicted molar refractivity (Wildman–Crippen MR) is 101 cm³/mol. The van der Waals surface area contributed by atoms with E-state index in [2.05, 4.69) is 11.2 Å². The molecule has 132 valence electrons. The van der Waals surface area contributed by atoms with E-state index in [-0.39, 0.29) is 5.91 Å². The summed E-state index contributed by atoms with van der Waals surface area (Å²) in [6.07, 6.45) is 3.19. The summed E-state index contributed by atoms with van der Waals surface area (Å²) in [5.41, 5.74) is 5.22. The minimum Gasteiger partial charge on any atom is -0.497 e. The molecular weight excluding hydrogens is 326 g/mol. The van der Waals surface area contributed by atoms with Gasteiger partial charge in [0.2, 0.25) is 5.91 Å². The number of carbonyl (C=O) groups excluding carboxylic acids is 1. The average molecular weight is 347 g/mol. The number of methoxy groups -OCH3 is 1. The molecule has 26 heavy (non-hydrogen) atoms. The number of hydrogen-bond acceptors (Lipinski definition) is 3. The lowest BCUT2D eigenvalue weighted by molar-refractivity contribution is -0.117. The van der Waals surface area contributed by atoms with Crippen molar-refractivity contribution in [3.63, 3.8) is 0 Å². The van der Waals surface area contributed by atoms with Crippen LogP contribution < -0.4 is 9.64 Å². The van der Waals surface area contributed by atoms with Crippen LogP contribution in [0.1, 0.15) is 11.1 Å². The average Bonchev–Trinajstić information content (AvgIpc) is 3.27. The Hall–Kier alpha value is -3.08. The fraction of sp³-hybridized carbons (Fsp3) is 0.238. The minimum absolute atomic E-state index is 0.114. The van der Waals surface area contributed by atoms with Crippen LogP contribution in [0.5, 0.6) is 5.75 Å². The molecule has 0 atom stereocenters. The van der Waals surface area contributed by atoms with Crippen molar-refractivity contribution < 1.29 is 9.53 Å². The molecule has 5 heteroatoms. The smallest absolute Gasteiger partial charge is 0.231 e. The first-order valence-corrected chi connectivity index (χ1v) is 8.70. The number of rotatable bonds is 4. The molecule has 2 aromatic carbocycles. The largest absolute Gasteiger partial charge is 0.497 e. The Balaban J connectivity index is 1.54. The molecule has 0 spiro atoms. The molecular formula is C21H21N3O2. The van der Waals surface area contributed by atoms with E-state index in [1.54, 1.807) is 11.8 Å². The molecule has 0 N–H and O–H groups in total. The number of anilines is 1. The van der Waals surface area contributed by atoms with Crippen LogP contribution >= 0.6 is 0 Å². The maximum absolute atomic E-state index is 12.8. The third-order valence-electron chi connectivity index (χ3n) is 4.77. The molecule has 1 aromatic heterocycles. The first-order valence-electron chi connectivity index (χ1n) is 8.70. The second-order valence-corrected chi connectivity index (χ2v) is 6.54. The van der Waals surface area contributed by atoms with Crippen LogP contribution in [0, 0.1) is 0 Å².